The lowest BCUT2D eigenvalue weighted by molar-refractivity contribution is 0.248. The molecule has 28 heavy (non-hydrogen) atoms. The van der Waals surface area contributed by atoms with Crippen molar-refractivity contribution in [1.82, 2.24) is 4.98 Å². The molecule has 0 bridgehead atoms. The van der Waals surface area contributed by atoms with Gasteiger partial charge in [0.05, 0.1) is 16.0 Å². The average Bonchev–Trinajstić information content (AvgIpc) is 3.29. The van der Waals surface area contributed by atoms with E-state index < -0.39 is 6.10 Å². The van der Waals surface area contributed by atoms with E-state index in [9.17, 15) is 5.11 Å². The molecular weight excluding hydrogens is 527 g/mol. The minimum atomic E-state index is -0.728. The Morgan fingerprint density at radius 2 is 1.79 bits per heavy atom. The number of benzene rings is 2. The van der Waals surface area contributed by atoms with Crippen LogP contribution in [0.5, 0.6) is 0 Å². The van der Waals surface area contributed by atoms with Crippen molar-refractivity contribution in [3.8, 4) is 11.1 Å². The molecule has 0 saturated carbocycles. The molecule has 3 aromatic rings. The Morgan fingerprint density at radius 1 is 1.07 bits per heavy atom. The molecule has 0 amide bonds. The van der Waals surface area contributed by atoms with Crippen LogP contribution in [0.25, 0.3) is 17.2 Å². The van der Waals surface area contributed by atoms with Gasteiger partial charge in [-0.25, -0.2) is 0 Å². The molecule has 1 unspecified atom stereocenters. The van der Waals surface area contributed by atoms with E-state index in [4.69, 9.17) is 0 Å². The second-order valence-corrected chi connectivity index (χ2v) is 8.80. The van der Waals surface area contributed by atoms with Gasteiger partial charge in [-0.3, -0.25) is 4.99 Å². The van der Waals surface area contributed by atoms with Crippen LogP contribution in [-0.4, -0.2) is 15.8 Å². The van der Waals surface area contributed by atoms with Gasteiger partial charge in [-0.2, -0.15) is 0 Å². The highest BCUT2D eigenvalue weighted by molar-refractivity contribution is 14.1. The molecule has 0 aliphatic carbocycles. The van der Waals surface area contributed by atoms with E-state index in [2.05, 4.69) is 78.8 Å². The maximum atomic E-state index is 10.6. The summed E-state index contributed by atoms with van der Waals surface area (Å²) < 4.78 is 2.12. The third-order valence-corrected chi connectivity index (χ3v) is 5.77. The van der Waals surface area contributed by atoms with Gasteiger partial charge in [0.2, 0.25) is 0 Å². The molecule has 1 aliphatic rings. The summed E-state index contributed by atoms with van der Waals surface area (Å²) in [6.45, 7) is 2.03. The van der Waals surface area contributed by atoms with E-state index in [1.807, 2.05) is 49.4 Å². The fourth-order valence-corrected chi connectivity index (χ4v) is 3.92. The highest BCUT2D eigenvalue weighted by atomic mass is 127. The van der Waals surface area contributed by atoms with Crippen molar-refractivity contribution in [3.05, 3.63) is 97.4 Å². The van der Waals surface area contributed by atoms with E-state index in [-0.39, 0.29) is 0 Å². The van der Waals surface area contributed by atoms with Crippen LogP contribution >= 0.6 is 38.5 Å². The lowest BCUT2D eigenvalue weighted by atomic mass is 10.0. The summed E-state index contributed by atoms with van der Waals surface area (Å²) >= 11 is 5.84. The Bertz CT molecular complexity index is 1090. The number of aliphatic hydroxyl groups excluding tert-OH is 1. The molecule has 4 rings (SSSR count). The van der Waals surface area contributed by atoms with Crippen molar-refractivity contribution >= 4 is 50.3 Å². The molecule has 0 spiro atoms. The van der Waals surface area contributed by atoms with E-state index in [1.165, 1.54) is 9.13 Å². The van der Waals surface area contributed by atoms with E-state index in [1.54, 1.807) is 0 Å². The summed E-state index contributed by atoms with van der Waals surface area (Å²) in [5.74, 6) is 0. The first-order chi connectivity index (χ1) is 13.5. The number of hydrogen-bond donors (Lipinski definition) is 2. The summed E-state index contributed by atoms with van der Waals surface area (Å²) in [4.78, 5) is 7.96. The van der Waals surface area contributed by atoms with Gasteiger partial charge >= 0.3 is 0 Å². The zero-order chi connectivity index (χ0) is 19.7. The van der Waals surface area contributed by atoms with Crippen LogP contribution in [0.1, 0.15) is 22.9 Å². The molecule has 5 heteroatoms. The lowest BCUT2D eigenvalue weighted by Crippen LogP contribution is -2.07. The minimum Gasteiger partial charge on any atom is -0.382 e. The first-order valence-corrected chi connectivity index (χ1v) is 10.7. The normalized spacial score (nSPS) is 15.9. The fraction of sp³-hybridized carbons (Fsp3) is 0.0870. The van der Waals surface area contributed by atoms with Gasteiger partial charge in [-0.05, 0) is 93.0 Å². The predicted molar refractivity (Wildman–Crippen MR) is 127 cm³/mol. The van der Waals surface area contributed by atoms with Crippen LogP contribution in [0.2, 0.25) is 0 Å². The van der Waals surface area contributed by atoms with Crippen molar-refractivity contribution in [2.24, 2.45) is 4.99 Å². The molecule has 3 nitrogen and oxygen atoms in total. The summed E-state index contributed by atoms with van der Waals surface area (Å²) in [6.07, 6.45) is 5.08. The monoisotopic (exact) mass is 544 g/mol. The number of allylic oxidation sites excluding steroid dienone is 1. The van der Waals surface area contributed by atoms with E-state index in [0.29, 0.717) is 5.71 Å². The molecule has 1 aromatic heterocycles. The first-order valence-electron chi connectivity index (χ1n) is 8.87. The van der Waals surface area contributed by atoms with E-state index in [0.717, 1.165) is 32.7 Å². The van der Waals surface area contributed by atoms with Gasteiger partial charge in [-0.15, -0.1) is 0 Å². The number of aliphatic imine (C=N–C) groups is 1. The molecule has 2 aromatic carbocycles. The molecule has 1 aliphatic heterocycles. The topological polar surface area (TPSA) is 48.4 Å². The number of H-pyrrole nitrogens is 1. The predicted octanol–water partition coefficient (Wildman–Crippen LogP) is 6.44. The average molecular weight is 545 g/mol. The van der Waals surface area contributed by atoms with Crippen LogP contribution in [0, 0.1) is 10.5 Å². The second kappa shape index (κ2) is 8.19. The maximum absolute atomic E-state index is 10.6. The molecule has 0 radical (unpaired) electrons. The molecule has 1 atom stereocenters. The summed E-state index contributed by atoms with van der Waals surface area (Å²) in [7, 11) is 0. The number of aromatic nitrogens is 1. The molecule has 2 N–H and O–H groups in total. The fourth-order valence-electron chi connectivity index (χ4n) is 3.11. The van der Waals surface area contributed by atoms with Crippen molar-refractivity contribution in [3.63, 3.8) is 0 Å². The van der Waals surface area contributed by atoms with Crippen LogP contribution < -0.4 is 0 Å². The van der Waals surface area contributed by atoms with Crippen molar-refractivity contribution < 1.29 is 5.11 Å². The molecule has 0 fully saturated rings. The Labute approximate surface area is 186 Å². The zero-order valence-electron chi connectivity index (χ0n) is 15.2. The van der Waals surface area contributed by atoms with Gasteiger partial charge in [0.1, 0.15) is 6.10 Å². The Kier molecular flexibility index (Phi) is 5.66. The quantitative estimate of drug-likeness (QED) is 0.365. The number of aryl methyl sites for hydroxylation is 1. The Balaban J connectivity index is 1.63. The lowest BCUT2D eigenvalue weighted by Gasteiger charge is -2.09. The zero-order valence-corrected chi connectivity index (χ0v) is 18.9. The summed E-state index contributed by atoms with van der Waals surface area (Å²) in [6, 6.07) is 18.4. The van der Waals surface area contributed by atoms with Gasteiger partial charge in [0.15, 0.2) is 0 Å². The SMILES string of the molecule is Cc1ccc(C(O)C2=N/C(=C\c3[nH]c(Br)cc3-c3ccc(I)cc3)C=C2)cc1. The standard InChI is InChI=1S/C23H18BrIN2O/c1-14-2-4-16(5-3-14)23(28)20-11-10-18(26-20)12-21-19(13-22(24)27-21)15-6-8-17(25)9-7-15/h2-13,23,27-28H,1H3/b18-12-. The number of halogens is 2. The van der Waals surface area contributed by atoms with Crippen LogP contribution in [0.3, 0.4) is 0 Å². The molecule has 0 saturated heterocycles. The number of rotatable bonds is 4. The number of nitrogens with one attached hydrogen (secondary N) is 1. The van der Waals surface area contributed by atoms with Crippen LogP contribution in [-0.2, 0) is 0 Å². The van der Waals surface area contributed by atoms with Crippen molar-refractivity contribution in [1.29, 1.82) is 0 Å². The highest BCUT2D eigenvalue weighted by Gasteiger charge is 2.17. The van der Waals surface area contributed by atoms with Gasteiger partial charge in [0.25, 0.3) is 0 Å². The number of hydrogen-bond acceptors (Lipinski definition) is 2. The molecule has 140 valence electrons. The largest absolute Gasteiger partial charge is 0.382 e. The number of aliphatic hydroxyl groups is 1. The second-order valence-electron chi connectivity index (χ2n) is 6.70. The van der Waals surface area contributed by atoms with E-state index >= 15 is 0 Å². The van der Waals surface area contributed by atoms with Crippen LogP contribution in [0.4, 0.5) is 0 Å². The van der Waals surface area contributed by atoms with Crippen molar-refractivity contribution in [2.75, 3.05) is 0 Å². The minimum absolute atomic E-state index is 0.650. The maximum Gasteiger partial charge on any atom is 0.121 e. The van der Waals surface area contributed by atoms with Gasteiger partial charge in [0, 0.05) is 14.8 Å². The molecular formula is C23H18BrIN2O. The third-order valence-electron chi connectivity index (χ3n) is 4.62. The highest BCUT2D eigenvalue weighted by Crippen LogP contribution is 2.31. The van der Waals surface area contributed by atoms with Gasteiger partial charge in [-0.1, -0.05) is 42.0 Å². The third kappa shape index (κ3) is 4.21. The van der Waals surface area contributed by atoms with Crippen molar-refractivity contribution in [2.45, 2.75) is 13.0 Å². The summed E-state index contributed by atoms with van der Waals surface area (Å²) in [5.41, 5.74) is 6.69. The summed E-state index contributed by atoms with van der Waals surface area (Å²) in [5, 5.41) is 10.6. The number of nitrogens with zero attached hydrogens (tertiary/aromatic N) is 1. The van der Waals surface area contributed by atoms with Gasteiger partial charge < -0.3 is 10.1 Å². The van der Waals surface area contributed by atoms with Crippen LogP contribution in [0.15, 0.2) is 82.0 Å². The molecule has 2 heterocycles. The smallest absolute Gasteiger partial charge is 0.121 e. The first kappa shape index (κ1) is 19.4. The number of aromatic amines is 1. The Morgan fingerprint density at radius 3 is 2.50 bits per heavy atom. The Hall–Kier alpha value is -1.96.